The second-order valence-electron chi connectivity index (χ2n) is 9.91. The van der Waals surface area contributed by atoms with Gasteiger partial charge in [0, 0.05) is 21.5 Å². The van der Waals surface area contributed by atoms with Crippen LogP contribution in [0.2, 0.25) is 10.0 Å². The molecule has 6 rings (SSSR count). The van der Waals surface area contributed by atoms with Crippen molar-refractivity contribution in [3.8, 4) is 11.3 Å². The zero-order valence-corrected chi connectivity index (χ0v) is 23.1. The number of benzene rings is 3. The van der Waals surface area contributed by atoms with Gasteiger partial charge in [0.15, 0.2) is 6.61 Å². The van der Waals surface area contributed by atoms with Crippen LogP contribution in [0.1, 0.15) is 33.6 Å². The number of ketones is 1. The molecule has 2 unspecified atom stereocenters. The van der Waals surface area contributed by atoms with E-state index in [9.17, 15) is 19.2 Å². The van der Waals surface area contributed by atoms with Gasteiger partial charge >= 0.3 is 5.97 Å². The number of Topliss-reactive ketones (excluding diaryl/α,β-unsaturated/α-hetero) is 1. The summed E-state index contributed by atoms with van der Waals surface area (Å²) in [5.41, 5.74) is 2.68. The maximum absolute atomic E-state index is 13.2. The molecule has 0 spiro atoms. The number of halogens is 2. The molecule has 2 heterocycles. The van der Waals surface area contributed by atoms with Gasteiger partial charge < -0.3 is 4.74 Å². The highest BCUT2D eigenvalue weighted by atomic mass is 35.5. The monoisotopic (exact) mass is 584 g/mol. The Morgan fingerprint density at radius 3 is 2.22 bits per heavy atom. The van der Waals surface area contributed by atoms with Crippen molar-refractivity contribution in [2.24, 2.45) is 11.8 Å². The van der Waals surface area contributed by atoms with Crippen LogP contribution in [-0.2, 0) is 14.3 Å². The molecule has 2 aliphatic rings. The zero-order valence-electron chi connectivity index (χ0n) is 21.6. The molecule has 9 heteroatoms. The fourth-order valence-corrected chi connectivity index (χ4v) is 5.84. The Labute approximate surface area is 245 Å². The minimum atomic E-state index is -0.690. The fraction of sp³-hybridized carbons (Fsp3) is 0.156. The number of hydrogen-bond donors (Lipinski definition) is 0. The summed E-state index contributed by atoms with van der Waals surface area (Å²) in [5.74, 6) is -2.14. The van der Waals surface area contributed by atoms with Gasteiger partial charge in [0.2, 0.25) is 17.6 Å². The van der Waals surface area contributed by atoms with Crippen LogP contribution in [-0.4, -0.2) is 35.2 Å². The van der Waals surface area contributed by atoms with Crippen molar-refractivity contribution < 1.29 is 23.9 Å². The van der Waals surface area contributed by atoms with Gasteiger partial charge in [0.1, 0.15) is 0 Å². The normalized spacial score (nSPS) is 18.0. The van der Waals surface area contributed by atoms with Crippen molar-refractivity contribution in [3.05, 3.63) is 106 Å². The van der Waals surface area contributed by atoms with Crippen molar-refractivity contribution in [2.75, 3.05) is 11.5 Å². The number of carbonyl (C=O) groups excluding carboxylic acids is 4. The van der Waals surface area contributed by atoms with Crippen LogP contribution in [0, 0.1) is 11.8 Å². The lowest BCUT2D eigenvalue weighted by Gasteiger charge is -2.15. The Hall–Kier alpha value is -4.33. The molecule has 3 aromatic carbocycles. The summed E-state index contributed by atoms with van der Waals surface area (Å²) in [6, 6.07) is 20.1. The Kier molecular flexibility index (Phi) is 7.15. The van der Waals surface area contributed by atoms with Gasteiger partial charge in [-0.2, -0.15) is 0 Å². The maximum Gasteiger partial charge on any atom is 0.339 e. The Morgan fingerprint density at radius 1 is 0.854 bits per heavy atom. The number of hydrogen-bond acceptors (Lipinski definition) is 6. The second kappa shape index (κ2) is 10.9. The van der Waals surface area contributed by atoms with E-state index in [1.165, 1.54) is 23.1 Å². The number of esters is 1. The fourth-order valence-electron chi connectivity index (χ4n) is 5.33. The van der Waals surface area contributed by atoms with E-state index >= 15 is 0 Å². The average molecular weight is 585 g/mol. The number of pyridine rings is 1. The van der Waals surface area contributed by atoms with Crippen molar-refractivity contribution in [1.82, 2.24) is 4.98 Å². The molecule has 41 heavy (non-hydrogen) atoms. The molecule has 1 aliphatic carbocycles. The molecule has 0 N–H and O–H groups in total. The van der Waals surface area contributed by atoms with Crippen LogP contribution in [0.3, 0.4) is 0 Å². The van der Waals surface area contributed by atoms with Crippen LogP contribution in [0.5, 0.6) is 0 Å². The predicted octanol–water partition coefficient (Wildman–Crippen LogP) is 6.70. The van der Waals surface area contributed by atoms with E-state index in [2.05, 4.69) is 0 Å². The van der Waals surface area contributed by atoms with Gasteiger partial charge in [-0.25, -0.2) is 9.78 Å². The van der Waals surface area contributed by atoms with Crippen molar-refractivity contribution >= 4 is 63.4 Å². The Bertz CT molecular complexity index is 1740. The molecular formula is C32H22Cl2N2O5. The summed E-state index contributed by atoms with van der Waals surface area (Å²) in [5, 5.41) is 1.13. The molecule has 0 radical (unpaired) electrons. The summed E-state index contributed by atoms with van der Waals surface area (Å²) >= 11 is 12.0. The van der Waals surface area contributed by atoms with Gasteiger partial charge in [0.05, 0.1) is 39.3 Å². The maximum atomic E-state index is 13.2. The molecule has 4 aromatic rings. The third-order valence-corrected chi connectivity index (χ3v) is 7.98. The number of aromatic nitrogens is 1. The van der Waals surface area contributed by atoms with Crippen molar-refractivity contribution in [3.63, 3.8) is 0 Å². The minimum Gasteiger partial charge on any atom is -0.454 e. The van der Waals surface area contributed by atoms with Crippen molar-refractivity contribution in [2.45, 2.75) is 12.8 Å². The number of rotatable bonds is 6. The van der Waals surface area contributed by atoms with Gasteiger partial charge in [-0.05, 0) is 55.3 Å². The number of anilines is 1. The summed E-state index contributed by atoms with van der Waals surface area (Å²) in [4.78, 5) is 57.8. The largest absolute Gasteiger partial charge is 0.454 e. The van der Waals surface area contributed by atoms with Gasteiger partial charge in [-0.1, -0.05) is 65.7 Å². The second-order valence-corrected chi connectivity index (χ2v) is 10.8. The van der Waals surface area contributed by atoms with Crippen molar-refractivity contribution in [1.29, 1.82) is 0 Å². The molecule has 1 fully saturated rings. The summed E-state index contributed by atoms with van der Waals surface area (Å²) in [6.07, 6.45) is 5.05. The van der Waals surface area contributed by atoms with E-state index in [1.807, 2.05) is 18.2 Å². The number of amides is 2. The quantitative estimate of drug-likeness (QED) is 0.108. The number of nitrogens with zero attached hydrogens (tertiary/aromatic N) is 2. The first-order valence-electron chi connectivity index (χ1n) is 13.0. The molecule has 1 aromatic heterocycles. The SMILES string of the molecule is O=C(COC(=O)c1cc(-c2ccc(N3C(=O)C4CC=CCC4C3=O)cc2)nc2ccccc12)c1ccc(Cl)cc1Cl. The van der Waals surface area contributed by atoms with E-state index in [4.69, 9.17) is 32.9 Å². The summed E-state index contributed by atoms with van der Waals surface area (Å²) < 4.78 is 5.39. The molecule has 2 amide bonds. The first kappa shape index (κ1) is 26.9. The van der Waals surface area contributed by atoms with Crippen LogP contribution in [0.4, 0.5) is 5.69 Å². The van der Waals surface area contributed by atoms with E-state index in [-0.39, 0.29) is 39.8 Å². The van der Waals surface area contributed by atoms with Crippen LogP contribution >= 0.6 is 23.2 Å². The molecule has 7 nitrogen and oxygen atoms in total. The molecule has 0 saturated carbocycles. The highest BCUT2D eigenvalue weighted by Crippen LogP contribution is 2.38. The highest BCUT2D eigenvalue weighted by Gasteiger charge is 2.47. The number of para-hydroxylation sites is 1. The predicted molar refractivity (Wildman–Crippen MR) is 156 cm³/mol. The molecular weight excluding hydrogens is 563 g/mol. The molecule has 0 bridgehead atoms. The molecule has 2 atom stereocenters. The number of imide groups is 1. The number of fused-ring (bicyclic) bond motifs is 2. The van der Waals surface area contributed by atoms with Crippen LogP contribution < -0.4 is 4.90 Å². The average Bonchev–Trinajstić information content (AvgIpc) is 3.24. The lowest BCUT2D eigenvalue weighted by Crippen LogP contribution is -2.30. The Morgan fingerprint density at radius 2 is 1.54 bits per heavy atom. The first-order chi connectivity index (χ1) is 19.8. The van der Waals surface area contributed by atoms with E-state index in [0.717, 1.165) is 0 Å². The first-order valence-corrected chi connectivity index (χ1v) is 13.8. The van der Waals surface area contributed by atoms with Gasteiger partial charge in [-0.3, -0.25) is 19.3 Å². The summed E-state index contributed by atoms with van der Waals surface area (Å²) in [7, 11) is 0. The number of ether oxygens (including phenoxy) is 1. The van der Waals surface area contributed by atoms with E-state index in [1.54, 1.807) is 48.5 Å². The molecule has 1 aliphatic heterocycles. The highest BCUT2D eigenvalue weighted by molar-refractivity contribution is 6.37. The lowest BCUT2D eigenvalue weighted by atomic mass is 9.85. The minimum absolute atomic E-state index is 0.173. The number of carbonyl (C=O) groups is 4. The lowest BCUT2D eigenvalue weighted by molar-refractivity contribution is -0.122. The van der Waals surface area contributed by atoms with E-state index < -0.39 is 18.4 Å². The van der Waals surface area contributed by atoms with E-state index in [0.29, 0.717) is 45.7 Å². The topological polar surface area (TPSA) is 93.6 Å². The van der Waals surface area contributed by atoms with Gasteiger partial charge in [-0.15, -0.1) is 0 Å². The van der Waals surface area contributed by atoms with Crippen LogP contribution in [0.15, 0.2) is 84.9 Å². The Balaban J connectivity index is 1.26. The third-order valence-electron chi connectivity index (χ3n) is 7.43. The van der Waals surface area contributed by atoms with Gasteiger partial charge in [0.25, 0.3) is 0 Å². The zero-order chi connectivity index (χ0) is 28.7. The third kappa shape index (κ3) is 5.03. The number of allylic oxidation sites excluding steroid dienone is 2. The molecule has 1 saturated heterocycles. The standard InChI is InChI=1S/C32H22Cl2N2O5/c33-19-11-14-24(26(34)15-19)29(37)17-41-32(40)25-16-28(35-27-8-4-3-5-21(25)27)18-9-12-20(13-10-18)36-30(38)22-6-1-2-7-23(22)31(36)39/h1-5,8-16,22-23H,6-7,17H2. The molecule has 204 valence electrons. The van der Waals surface area contributed by atoms with Crippen LogP contribution in [0.25, 0.3) is 22.2 Å². The summed E-state index contributed by atoms with van der Waals surface area (Å²) in [6.45, 7) is -0.504. The smallest absolute Gasteiger partial charge is 0.339 e.